The van der Waals surface area contributed by atoms with E-state index in [-0.39, 0.29) is 5.82 Å². The molecule has 4 aromatic rings. The van der Waals surface area contributed by atoms with Gasteiger partial charge in [-0.3, -0.25) is 0 Å². The Morgan fingerprint density at radius 2 is 1.61 bits per heavy atom. The summed E-state index contributed by atoms with van der Waals surface area (Å²) in [4.78, 5) is 14.9. The van der Waals surface area contributed by atoms with Gasteiger partial charge in [-0.1, -0.05) is 65.9 Å². The van der Waals surface area contributed by atoms with E-state index in [1.54, 1.807) is 16.2 Å². The lowest BCUT2D eigenvalue weighted by atomic mass is 10.0. The van der Waals surface area contributed by atoms with E-state index >= 15 is 0 Å². The van der Waals surface area contributed by atoms with Crippen molar-refractivity contribution < 1.29 is 4.92 Å². The Labute approximate surface area is 161 Å². The third-order valence-corrected chi connectivity index (χ3v) is 4.59. The van der Waals surface area contributed by atoms with Gasteiger partial charge in [-0.05, 0) is 4.92 Å². The molecular formula is C20H18N6O2. The van der Waals surface area contributed by atoms with Gasteiger partial charge in [0.1, 0.15) is 18.4 Å². The van der Waals surface area contributed by atoms with Crippen molar-refractivity contribution in [1.29, 1.82) is 0 Å². The molecule has 4 rings (SSSR count). The molecule has 0 amide bonds. The molecule has 0 aliphatic carbocycles. The van der Waals surface area contributed by atoms with Gasteiger partial charge in [0, 0.05) is 18.1 Å². The molecule has 0 N–H and O–H groups in total. The number of benzene rings is 2. The lowest BCUT2D eigenvalue weighted by Crippen LogP contribution is -2.13. The monoisotopic (exact) mass is 374 g/mol. The number of aryl methyl sites for hydroxylation is 2. The number of hydrogen-bond acceptors (Lipinski definition) is 5. The van der Waals surface area contributed by atoms with Gasteiger partial charge in [-0.25, -0.2) is 14.2 Å². The quantitative estimate of drug-likeness (QED) is 0.379. The second-order valence-electron chi connectivity index (χ2n) is 6.31. The van der Waals surface area contributed by atoms with Crippen molar-refractivity contribution in [3.63, 3.8) is 0 Å². The fraction of sp³-hybridized carbons (Fsp3) is 0.150. The molecule has 2 heterocycles. The molecule has 0 saturated heterocycles. The van der Waals surface area contributed by atoms with Gasteiger partial charge >= 0.3 is 5.82 Å². The molecule has 140 valence electrons. The Bertz CT molecular complexity index is 1100. The molecule has 0 spiro atoms. The lowest BCUT2D eigenvalue weighted by molar-refractivity contribution is -0.392. The van der Waals surface area contributed by atoms with Crippen LogP contribution in [0.3, 0.4) is 0 Å². The fourth-order valence-electron chi connectivity index (χ4n) is 3.21. The molecule has 28 heavy (non-hydrogen) atoms. The molecule has 0 fully saturated rings. The van der Waals surface area contributed by atoms with E-state index in [0.717, 1.165) is 22.5 Å². The topological polar surface area (TPSA) is 91.7 Å². The first kappa shape index (κ1) is 17.6. The van der Waals surface area contributed by atoms with E-state index in [0.29, 0.717) is 18.9 Å². The molecule has 0 bridgehead atoms. The number of hydrogen-bond donors (Lipinski definition) is 0. The summed E-state index contributed by atoms with van der Waals surface area (Å²) in [7, 11) is 0. The zero-order chi connectivity index (χ0) is 19.5. The summed E-state index contributed by atoms with van der Waals surface area (Å²) in [6.45, 7) is 2.56. The van der Waals surface area contributed by atoms with Crippen LogP contribution in [0.15, 0.2) is 66.9 Å². The van der Waals surface area contributed by atoms with Crippen molar-refractivity contribution in [2.75, 3.05) is 0 Å². The first-order valence-corrected chi connectivity index (χ1v) is 8.86. The average molecular weight is 374 g/mol. The Hall–Kier alpha value is -3.81. The maximum Gasteiger partial charge on any atom is 0.342 e. The van der Waals surface area contributed by atoms with Crippen LogP contribution in [0.2, 0.25) is 0 Å². The highest BCUT2D eigenvalue weighted by atomic mass is 16.6. The maximum atomic E-state index is 11.2. The smallest absolute Gasteiger partial charge is 0.342 e. The van der Waals surface area contributed by atoms with Gasteiger partial charge in [0.25, 0.3) is 0 Å². The normalized spacial score (nSPS) is 10.9. The summed E-state index contributed by atoms with van der Waals surface area (Å²) in [5.41, 5.74) is 3.62. The van der Waals surface area contributed by atoms with Crippen molar-refractivity contribution in [3.05, 3.63) is 82.8 Å². The van der Waals surface area contributed by atoms with Gasteiger partial charge in [0.2, 0.25) is 0 Å². The summed E-state index contributed by atoms with van der Waals surface area (Å²) >= 11 is 0. The minimum absolute atomic E-state index is 0.0258. The molecule has 0 aliphatic heterocycles. The Morgan fingerprint density at radius 1 is 0.964 bits per heavy atom. The molecule has 0 atom stereocenters. The minimum Gasteiger partial charge on any atom is -0.358 e. The number of nitro groups is 1. The van der Waals surface area contributed by atoms with Crippen LogP contribution in [0.25, 0.3) is 22.5 Å². The highest BCUT2D eigenvalue weighted by Gasteiger charge is 2.20. The van der Waals surface area contributed by atoms with E-state index in [2.05, 4.69) is 15.3 Å². The molecule has 2 aromatic carbocycles. The van der Waals surface area contributed by atoms with Crippen molar-refractivity contribution in [2.45, 2.75) is 20.0 Å². The van der Waals surface area contributed by atoms with Crippen LogP contribution in [0.5, 0.6) is 0 Å². The predicted molar refractivity (Wildman–Crippen MR) is 105 cm³/mol. The van der Waals surface area contributed by atoms with Crippen molar-refractivity contribution >= 4 is 5.82 Å². The molecule has 0 saturated carbocycles. The largest absolute Gasteiger partial charge is 0.358 e. The van der Waals surface area contributed by atoms with Crippen molar-refractivity contribution in [3.8, 4) is 22.5 Å². The molecule has 0 aliphatic rings. The second kappa shape index (κ2) is 7.43. The summed E-state index contributed by atoms with van der Waals surface area (Å²) in [5.74, 6) is 0.568. The van der Waals surface area contributed by atoms with E-state index in [9.17, 15) is 10.1 Å². The second-order valence-corrected chi connectivity index (χ2v) is 6.31. The Kier molecular flexibility index (Phi) is 4.67. The van der Waals surface area contributed by atoms with Crippen LogP contribution in [-0.4, -0.2) is 29.5 Å². The van der Waals surface area contributed by atoms with Gasteiger partial charge < -0.3 is 10.1 Å². The summed E-state index contributed by atoms with van der Waals surface area (Å²) in [5, 5.41) is 20.0. The lowest BCUT2D eigenvalue weighted by Gasteiger charge is -2.09. The molecular weight excluding hydrogens is 356 g/mol. The molecule has 8 nitrogen and oxygen atoms in total. The zero-order valence-corrected chi connectivity index (χ0v) is 15.3. The van der Waals surface area contributed by atoms with E-state index in [4.69, 9.17) is 0 Å². The number of imidazole rings is 1. The van der Waals surface area contributed by atoms with E-state index in [1.165, 1.54) is 6.20 Å². The van der Waals surface area contributed by atoms with Gasteiger partial charge in [0.15, 0.2) is 5.82 Å². The van der Waals surface area contributed by atoms with Crippen LogP contribution in [0.1, 0.15) is 5.82 Å². The van der Waals surface area contributed by atoms with Crippen LogP contribution in [-0.2, 0) is 13.1 Å². The zero-order valence-electron chi connectivity index (χ0n) is 15.3. The fourth-order valence-corrected chi connectivity index (χ4v) is 3.21. The number of aromatic nitrogens is 5. The van der Waals surface area contributed by atoms with Gasteiger partial charge in [0.05, 0.1) is 12.2 Å². The minimum atomic E-state index is -0.422. The molecule has 0 unspecified atom stereocenters. The number of nitrogens with zero attached hydrogens (tertiary/aromatic N) is 6. The van der Waals surface area contributed by atoms with Crippen LogP contribution < -0.4 is 0 Å². The maximum absolute atomic E-state index is 11.2. The third kappa shape index (κ3) is 3.27. The first-order valence-electron chi connectivity index (χ1n) is 8.86. The van der Waals surface area contributed by atoms with Crippen LogP contribution in [0.4, 0.5) is 5.82 Å². The highest BCUT2D eigenvalue weighted by molar-refractivity contribution is 5.77. The summed E-state index contributed by atoms with van der Waals surface area (Å²) in [6, 6.07) is 19.8. The van der Waals surface area contributed by atoms with Gasteiger partial charge in [-0.2, -0.15) is 0 Å². The summed E-state index contributed by atoms with van der Waals surface area (Å²) < 4.78 is 3.37. The predicted octanol–water partition coefficient (Wildman–Crippen LogP) is 3.73. The third-order valence-electron chi connectivity index (χ3n) is 4.59. The standard InChI is InChI=1S/C20H18N6O2/c1-15-21-14-18(26(27)28)24(15)12-13-25-20(17-10-6-3-7-11-17)19(22-23-25)16-8-4-2-5-9-16/h2-11,14H,12-13H2,1H3. The number of rotatable bonds is 6. The Balaban J connectivity index is 1.73. The Morgan fingerprint density at radius 3 is 2.25 bits per heavy atom. The van der Waals surface area contributed by atoms with E-state index in [1.807, 2.05) is 60.7 Å². The van der Waals surface area contributed by atoms with Crippen molar-refractivity contribution in [2.24, 2.45) is 0 Å². The van der Waals surface area contributed by atoms with Gasteiger partial charge in [-0.15, -0.1) is 5.10 Å². The first-order chi connectivity index (χ1) is 13.6. The molecule has 0 radical (unpaired) electrons. The SMILES string of the molecule is Cc1ncc([N+](=O)[O-])n1CCn1nnc(-c2ccccc2)c1-c1ccccc1. The molecule has 8 heteroatoms. The van der Waals surface area contributed by atoms with E-state index < -0.39 is 4.92 Å². The molecule has 2 aromatic heterocycles. The highest BCUT2D eigenvalue weighted by Crippen LogP contribution is 2.30. The average Bonchev–Trinajstić information content (AvgIpc) is 3.31. The summed E-state index contributed by atoms with van der Waals surface area (Å²) in [6.07, 6.45) is 1.28. The van der Waals surface area contributed by atoms with Crippen molar-refractivity contribution in [1.82, 2.24) is 24.5 Å². The van der Waals surface area contributed by atoms with Crippen LogP contribution >= 0.6 is 0 Å². The van der Waals surface area contributed by atoms with Crippen LogP contribution in [0, 0.1) is 17.0 Å².